The highest BCUT2D eigenvalue weighted by molar-refractivity contribution is 7.91. The number of rotatable bonds is 5. The van der Waals surface area contributed by atoms with Gasteiger partial charge in [0.25, 0.3) is 5.56 Å². The summed E-state index contributed by atoms with van der Waals surface area (Å²) >= 11 is 0. The molecular weight excluding hydrogens is 415 g/mol. The van der Waals surface area contributed by atoms with Gasteiger partial charge in [0.2, 0.25) is 0 Å². The number of sulfone groups is 1. The molecule has 2 heterocycles. The number of benzene rings is 2. The number of nitrogens with one attached hydrogen (secondary N) is 1. The molecule has 7 heteroatoms. The van der Waals surface area contributed by atoms with Gasteiger partial charge in [-0.2, -0.15) is 0 Å². The van der Waals surface area contributed by atoms with E-state index in [0.717, 1.165) is 10.9 Å². The van der Waals surface area contributed by atoms with Crippen molar-refractivity contribution < 1.29 is 12.8 Å². The van der Waals surface area contributed by atoms with E-state index < -0.39 is 9.84 Å². The minimum Gasteiger partial charge on any atom is -0.322 e. The summed E-state index contributed by atoms with van der Waals surface area (Å²) in [6.45, 7) is 5.81. The lowest BCUT2D eigenvalue weighted by molar-refractivity contribution is 0.253. The van der Waals surface area contributed by atoms with Gasteiger partial charge in [-0.1, -0.05) is 44.2 Å². The molecular formula is C24H27FN2O3S. The quantitative estimate of drug-likeness (QED) is 0.653. The molecule has 1 saturated heterocycles. The van der Waals surface area contributed by atoms with Crippen molar-refractivity contribution in [3.05, 3.63) is 70.3 Å². The second-order valence-corrected chi connectivity index (χ2v) is 10.9. The van der Waals surface area contributed by atoms with Crippen LogP contribution in [0.5, 0.6) is 0 Å². The molecule has 0 radical (unpaired) electrons. The molecule has 164 valence electrons. The van der Waals surface area contributed by atoms with Gasteiger partial charge in [0.05, 0.1) is 11.5 Å². The lowest BCUT2D eigenvalue weighted by atomic mass is 9.88. The zero-order valence-electron chi connectivity index (χ0n) is 17.8. The molecule has 0 bridgehead atoms. The van der Waals surface area contributed by atoms with Crippen molar-refractivity contribution in [1.29, 1.82) is 0 Å². The maximum absolute atomic E-state index is 14.2. The number of H-pyrrole nitrogens is 1. The van der Waals surface area contributed by atoms with Gasteiger partial charge in [-0.05, 0) is 35.1 Å². The highest BCUT2D eigenvalue weighted by atomic mass is 32.2. The van der Waals surface area contributed by atoms with E-state index in [0.29, 0.717) is 36.3 Å². The second kappa shape index (κ2) is 8.55. The summed E-state index contributed by atoms with van der Waals surface area (Å²) in [6.07, 6.45) is 0. The van der Waals surface area contributed by atoms with Crippen molar-refractivity contribution in [2.24, 2.45) is 5.92 Å². The molecule has 1 atom stereocenters. The number of aromatic amines is 1. The fraction of sp³-hybridized carbons (Fsp3) is 0.375. The molecule has 0 saturated carbocycles. The summed E-state index contributed by atoms with van der Waals surface area (Å²) < 4.78 is 37.6. The van der Waals surface area contributed by atoms with Crippen molar-refractivity contribution in [2.75, 3.05) is 31.1 Å². The van der Waals surface area contributed by atoms with Gasteiger partial charge in [-0.3, -0.25) is 4.79 Å². The molecule has 31 heavy (non-hydrogen) atoms. The summed E-state index contributed by atoms with van der Waals surface area (Å²) in [5.74, 6) is 0.270. The van der Waals surface area contributed by atoms with Crippen LogP contribution in [0.3, 0.4) is 0 Å². The van der Waals surface area contributed by atoms with Gasteiger partial charge in [0, 0.05) is 42.2 Å². The molecule has 0 amide bonds. The topological polar surface area (TPSA) is 70.2 Å². The zero-order chi connectivity index (χ0) is 22.2. The lowest BCUT2D eigenvalue weighted by Gasteiger charge is -2.32. The van der Waals surface area contributed by atoms with E-state index in [1.165, 1.54) is 6.07 Å². The molecule has 3 aromatic rings. The van der Waals surface area contributed by atoms with E-state index >= 15 is 0 Å². The van der Waals surface area contributed by atoms with Crippen LogP contribution in [0.25, 0.3) is 22.0 Å². The first-order chi connectivity index (χ1) is 14.7. The first-order valence-corrected chi connectivity index (χ1v) is 12.4. The molecule has 1 aliphatic rings. The maximum Gasteiger partial charge on any atom is 0.251 e. The average molecular weight is 443 g/mol. The van der Waals surface area contributed by atoms with Crippen LogP contribution in [0, 0.1) is 11.7 Å². The summed E-state index contributed by atoms with van der Waals surface area (Å²) in [4.78, 5) is 18.1. The fourth-order valence-corrected chi connectivity index (χ4v) is 5.50. The smallest absolute Gasteiger partial charge is 0.251 e. The zero-order valence-corrected chi connectivity index (χ0v) is 18.6. The monoisotopic (exact) mass is 442 g/mol. The first-order valence-electron chi connectivity index (χ1n) is 10.6. The number of pyridine rings is 1. The minimum absolute atomic E-state index is 0.00680. The summed E-state index contributed by atoms with van der Waals surface area (Å²) in [6, 6.07) is 14.2. The Kier molecular flexibility index (Phi) is 5.99. The second-order valence-electron chi connectivity index (χ2n) is 8.64. The van der Waals surface area contributed by atoms with Gasteiger partial charge in [0.15, 0.2) is 9.84 Å². The molecule has 1 fully saturated rings. The van der Waals surface area contributed by atoms with Crippen LogP contribution in [-0.2, 0) is 9.84 Å². The number of fused-ring (bicyclic) bond motifs is 1. The summed E-state index contributed by atoms with van der Waals surface area (Å²) in [5, 5.41) is 1.33. The fourth-order valence-electron chi connectivity index (χ4n) is 4.23. The van der Waals surface area contributed by atoms with E-state index in [1.54, 1.807) is 12.1 Å². The molecule has 2 aromatic carbocycles. The Morgan fingerprint density at radius 2 is 1.81 bits per heavy atom. The van der Waals surface area contributed by atoms with Gasteiger partial charge in [-0.15, -0.1) is 0 Å². The van der Waals surface area contributed by atoms with Crippen molar-refractivity contribution in [3.8, 4) is 11.3 Å². The van der Waals surface area contributed by atoms with Gasteiger partial charge >= 0.3 is 0 Å². The Morgan fingerprint density at radius 1 is 1.06 bits per heavy atom. The number of hydrogen-bond acceptors (Lipinski definition) is 4. The van der Waals surface area contributed by atoms with Crippen LogP contribution >= 0.6 is 0 Å². The predicted octanol–water partition coefficient (Wildman–Crippen LogP) is 3.80. The third kappa shape index (κ3) is 4.72. The Morgan fingerprint density at radius 3 is 2.48 bits per heavy atom. The molecule has 1 unspecified atom stereocenters. The summed E-state index contributed by atoms with van der Waals surface area (Å²) in [5.41, 5.74) is 1.93. The normalized spacial score (nSPS) is 17.8. The lowest BCUT2D eigenvalue weighted by Crippen LogP contribution is -2.43. The predicted molar refractivity (Wildman–Crippen MR) is 123 cm³/mol. The molecule has 5 nitrogen and oxygen atoms in total. The standard InChI is InChI=1S/C24H27FN2O3S/c1-16(2)21(15-27-10-12-31(29,30)13-11-27)19-8-9-23(26-24(19)28)18-7-6-17-4-3-5-22(25)20(17)14-18/h3-9,14,16,21H,10-13,15H2,1-2H3,(H,26,28). The van der Waals surface area contributed by atoms with Gasteiger partial charge < -0.3 is 9.88 Å². The van der Waals surface area contributed by atoms with E-state index in [1.807, 2.05) is 30.3 Å². The van der Waals surface area contributed by atoms with Crippen LogP contribution in [-0.4, -0.2) is 49.4 Å². The van der Waals surface area contributed by atoms with Crippen LogP contribution in [0.15, 0.2) is 53.3 Å². The molecule has 0 aliphatic carbocycles. The number of halogens is 1. The van der Waals surface area contributed by atoms with E-state index in [9.17, 15) is 17.6 Å². The van der Waals surface area contributed by atoms with Crippen LogP contribution < -0.4 is 5.56 Å². The van der Waals surface area contributed by atoms with Crippen molar-refractivity contribution in [3.63, 3.8) is 0 Å². The number of hydrogen-bond donors (Lipinski definition) is 1. The molecule has 1 aromatic heterocycles. The molecule has 1 N–H and O–H groups in total. The molecule has 1 aliphatic heterocycles. The van der Waals surface area contributed by atoms with Crippen LogP contribution in [0.2, 0.25) is 0 Å². The van der Waals surface area contributed by atoms with E-state index in [-0.39, 0.29) is 34.7 Å². The highest BCUT2D eigenvalue weighted by Gasteiger charge is 2.27. The van der Waals surface area contributed by atoms with Crippen molar-refractivity contribution >= 4 is 20.6 Å². The third-order valence-corrected chi connectivity index (χ3v) is 7.79. The number of nitrogens with zero attached hydrogens (tertiary/aromatic N) is 1. The molecule has 4 rings (SSSR count). The van der Waals surface area contributed by atoms with Gasteiger partial charge in [-0.25, -0.2) is 12.8 Å². The van der Waals surface area contributed by atoms with Crippen molar-refractivity contribution in [2.45, 2.75) is 19.8 Å². The highest BCUT2D eigenvalue weighted by Crippen LogP contribution is 2.27. The Hall–Kier alpha value is -2.51. The first kappa shape index (κ1) is 21.7. The van der Waals surface area contributed by atoms with Crippen LogP contribution in [0.4, 0.5) is 4.39 Å². The van der Waals surface area contributed by atoms with E-state index in [2.05, 4.69) is 23.7 Å². The van der Waals surface area contributed by atoms with E-state index in [4.69, 9.17) is 0 Å². The Balaban J connectivity index is 1.61. The Labute approximate surface area is 181 Å². The largest absolute Gasteiger partial charge is 0.322 e. The SMILES string of the molecule is CC(C)C(CN1CCS(=O)(=O)CC1)c1ccc(-c2ccc3cccc(F)c3c2)[nH]c1=O. The summed E-state index contributed by atoms with van der Waals surface area (Å²) in [7, 11) is -2.94. The number of aromatic nitrogens is 1. The minimum atomic E-state index is -2.94. The van der Waals surface area contributed by atoms with Gasteiger partial charge in [0.1, 0.15) is 5.82 Å². The Bertz CT molecular complexity index is 1250. The van der Waals surface area contributed by atoms with Crippen molar-refractivity contribution in [1.82, 2.24) is 9.88 Å². The average Bonchev–Trinajstić information content (AvgIpc) is 2.73. The molecule has 0 spiro atoms. The van der Waals surface area contributed by atoms with Crippen LogP contribution in [0.1, 0.15) is 25.3 Å². The maximum atomic E-state index is 14.2. The third-order valence-electron chi connectivity index (χ3n) is 6.18.